The number of phosphoric acid groups is 2. The lowest BCUT2D eigenvalue weighted by Crippen LogP contribution is -2.30. The number of unbranched alkanes of at least 4 members (excludes halogenated alkanes) is 31. The van der Waals surface area contributed by atoms with Gasteiger partial charge in [0, 0.05) is 25.7 Å². The van der Waals surface area contributed by atoms with Crippen LogP contribution in [0, 0.1) is 23.7 Å². The summed E-state index contributed by atoms with van der Waals surface area (Å²) in [5, 5.41) is 10.6. The first kappa shape index (κ1) is 86.1. The molecule has 0 bridgehead atoms. The predicted octanol–water partition coefficient (Wildman–Crippen LogP) is 19.3. The van der Waals surface area contributed by atoms with E-state index in [1.54, 1.807) is 0 Å². The molecule has 0 aromatic heterocycles. The number of rotatable bonds is 66. The first-order chi connectivity index (χ1) is 42.1. The minimum atomic E-state index is -4.95. The third-order valence-electron chi connectivity index (χ3n) is 16.2. The van der Waals surface area contributed by atoms with Gasteiger partial charge in [-0.1, -0.05) is 287 Å². The average Bonchev–Trinajstić information content (AvgIpc) is 3.56. The normalized spacial score (nSPS) is 14.6. The second-order valence-corrected chi connectivity index (χ2v) is 29.5. The van der Waals surface area contributed by atoms with Crippen LogP contribution >= 0.6 is 15.6 Å². The summed E-state index contributed by atoms with van der Waals surface area (Å²) in [5.74, 6) is 0.845. The van der Waals surface area contributed by atoms with Gasteiger partial charge in [0.15, 0.2) is 12.2 Å². The molecule has 0 aliphatic rings. The highest BCUT2D eigenvalue weighted by molar-refractivity contribution is 7.47. The van der Waals surface area contributed by atoms with E-state index in [1.165, 1.54) is 135 Å². The number of esters is 4. The molecule has 0 fully saturated rings. The van der Waals surface area contributed by atoms with Crippen molar-refractivity contribution in [1.29, 1.82) is 0 Å². The van der Waals surface area contributed by atoms with E-state index in [4.69, 9.17) is 37.0 Å². The average molecular weight is 1300 g/mol. The zero-order valence-electron chi connectivity index (χ0n) is 57.3. The Hall–Kier alpha value is -1.94. The topological polar surface area (TPSA) is 237 Å². The molecule has 0 saturated heterocycles. The van der Waals surface area contributed by atoms with Gasteiger partial charge in [0.05, 0.1) is 26.4 Å². The summed E-state index contributed by atoms with van der Waals surface area (Å²) in [5.41, 5.74) is 0. The molecule has 88 heavy (non-hydrogen) atoms. The number of carbonyl (C=O) groups is 4. The number of aliphatic hydroxyl groups excluding tert-OH is 1. The maximum absolute atomic E-state index is 13.0. The molecule has 0 aliphatic carbocycles. The Kier molecular flexibility index (Phi) is 57.6. The predicted molar refractivity (Wildman–Crippen MR) is 354 cm³/mol. The van der Waals surface area contributed by atoms with Crippen molar-refractivity contribution in [2.24, 2.45) is 23.7 Å². The highest BCUT2D eigenvalue weighted by atomic mass is 31.2. The van der Waals surface area contributed by atoms with Crippen LogP contribution in [0.2, 0.25) is 0 Å². The number of carbonyl (C=O) groups excluding carboxylic acids is 4. The summed E-state index contributed by atoms with van der Waals surface area (Å²) in [7, 11) is -9.90. The Morgan fingerprint density at radius 3 is 0.807 bits per heavy atom. The van der Waals surface area contributed by atoms with Crippen molar-refractivity contribution in [3.8, 4) is 0 Å². The van der Waals surface area contributed by atoms with Gasteiger partial charge >= 0.3 is 39.5 Å². The summed E-state index contributed by atoms with van der Waals surface area (Å²) < 4.78 is 68.2. The lowest BCUT2D eigenvalue weighted by molar-refractivity contribution is -0.161. The van der Waals surface area contributed by atoms with E-state index in [0.717, 1.165) is 114 Å². The van der Waals surface area contributed by atoms with Crippen molar-refractivity contribution in [1.82, 2.24) is 0 Å². The van der Waals surface area contributed by atoms with Gasteiger partial charge in [-0.05, 0) is 49.4 Å². The summed E-state index contributed by atoms with van der Waals surface area (Å²) in [4.78, 5) is 72.5. The highest BCUT2D eigenvalue weighted by Crippen LogP contribution is 2.45. The fourth-order valence-corrected chi connectivity index (χ4v) is 11.9. The number of hydrogen-bond acceptors (Lipinski definition) is 15. The zero-order chi connectivity index (χ0) is 65.4. The highest BCUT2D eigenvalue weighted by Gasteiger charge is 2.30. The van der Waals surface area contributed by atoms with Gasteiger partial charge in [-0.25, -0.2) is 9.13 Å². The first-order valence-corrected chi connectivity index (χ1v) is 38.7. The molecule has 0 aromatic carbocycles. The van der Waals surface area contributed by atoms with Crippen molar-refractivity contribution < 1.29 is 80.2 Å². The van der Waals surface area contributed by atoms with Crippen molar-refractivity contribution >= 4 is 39.5 Å². The fraction of sp³-hybridized carbons (Fsp3) is 0.942. The molecular weight excluding hydrogens is 1160 g/mol. The van der Waals surface area contributed by atoms with Crippen molar-refractivity contribution in [3.05, 3.63) is 0 Å². The summed E-state index contributed by atoms with van der Waals surface area (Å²) in [6, 6.07) is 0. The first-order valence-electron chi connectivity index (χ1n) is 35.7. The van der Waals surface area contributed by atoms with Gasteiger partial charge in [-0.15, -0.1) is 0 Å². The third-order valence-corrected chi connectivity index (χ3v) is 18.1. The van der Waals surface area contributed by atoms with E-state index < -0.39 is 97.5 Å². The SMILES string of the molecule is CCC(C)CCCCCCCCCCC(=O)O[C@H](COC(=O)CCCCCCCCCC(C)C)COP(=O)(O)OCC(O)COP(=O)(O)OC[C@@H](COC(=O)CCCCCCCCCCC(C)C)OC(=O)CCCCCCCCCCCCCCC(C)C. The van der Waals surface area contributed by atoms with E-state index in [1.807, 2.05) is 0 Å². The van der Waals surface area contributed by atoms with Crippen molar-refractivity contribution in [2.75, 3.05) is 39.6 Å². The van der Waals surface area contributed by atoms with E-state index in [9.17, 15) is 43.2 Å². The quantitative estimate of drug-likeness (QED) is 0.0222. The van der Waals surface area contributed by atoms with Crippen LogP contribution in [0.1, 0.15) is 338 Å². The van der Waals surface area contributed by atoms with E-state index in [2.05, 4.69) is 55.4 Å². The van der Waals surface area contributed by atoms with Gasteiger partial charge < -0.3 is 33.8 Å². The molecule has 522 valence electrons. The van der Waals surface area contributed by atoms with E-state index >= 15 is 0 Å². The maximum atomic E-state index is 13.0. The van der Waals surface area contributed by atoms with Crippen LogP contribution in [-0.4, -0.2) is 96.7 Å². The van der Waals surface area contributed by atoms with Crippen LogP contribution < -0.4 is 0 Å². The number of aliphatic hydroxyl groups is 1. The molecule has 0 aromatic rings. The fourth-order valence-electron chi connectivity index (χ4n) is 10.3. The molecule has 0 spiro atoms. The van der Waals surface area contributed by atoms with Gasteiger partial charge in [0.2, 0.25) is 0 Å². The smallest absolute Gasteiger partial charge is 0.462 e. The van der Waals surface area contributed by atoms with Crippen molar-refractivity contribution in [3.63, 3.8) is 0 Å². The molecule has 6 atom stereocenters. The molecule has 0 rings (SSSR count). The number of ether oxygens (including phenoxy) is 4. The Balaban J connectivity index is 5.26. The molecule has 0 saturated carbocycles. The maximum Gasteiger partial charge on any atom is 0.472 e. The van der Waals surface area contributed by atoms with Crippen LogP contribution in [0.15, 0.2) is 0 Å². The largest absolute Gasteiger partial charge is 0.472 e. The minimum absolute atomic E-state index is 0.104. The molecule has 3 N–H and O–H groups in total. The zero-order valence-corrected chi connectivity index (χ0v) is 59.1. The molecule has 4 unspecified atom stereocenters. The number of phosphoric ester groups is 2. The van der Waals surface area contributed by atoms with Gasteiger partial charge in [-0.3, -0.25) is 37.3 Å². The van der Waals surface area contributed by atoms with Crippen LogP contribution in [0.3, 0.4) is 0 Å². The van der Waals surface area contributed by atoms with Crippen LogP contribution in [0.4, 0.5) is 0 Å². The molecule has 19 heteroatoms. The molecule has 0 amide bonds. The third kappa shape index (κ3) is 61.6. The molecular formula is C69H134O17P2. The Labute approximate surface area is 537 Å². The summed E-state index contributed by atoms with van der Waals surface area (Å²) in [6.07, 6.45) is 40.3. The second kappa shape index (κ2) is 58.8. The van der Waals surface area contributed by atoms with Gasteiger partial charge in [-0.2, -0.15) is 0 Å². The summed E-state index contributed by atoms with van der Waals surface area (Å²) in [6.45, 7) is 14.1. The standard InChI is InChI=1S/C69H134O17P2/c1-9-62(8)48-40-32-24-17-19-27-36-44-52-69(74)86-65(56-80-67(72)50-42-34-28-20-23-31-39-47-61(6)7)58-84-88(77,78)82-54-63(70)53-81-87(75,76)83-57-64(55-79-66(71)49-41-33-25-18-16-22-30-38-46-60(4)5)85-68(73)51-43-35-26-15-13-11-10-12-14-21-29-37-45-59(2)3/h59-65,70H,9-58H2,1-8H3,(H,75,76)(H,77,78)/t62?,63?,64-,65-/m1/s1. The monoisotopic (exact) mass is 1300 g/mol. The van der Waals surface area contributed by atoms with Crippen LogP contribution in [-0.2, 0) is 65.4 Å². The van der Waals surface area contributed by atoms with E-state index in [0.29, 0.717) is 31.6 Å². The Bertz CT molecular complexity index is 1750. The molecule has 0 heterocycles. The Morgan fingerprint density at radius 1 is 0.318 bits per heavy atom. The number of hydrogen-bond donors (Lipinski definition) is 3. The lowest BCUT2D eigenvalue weighted by Gasteiger charge is -2.21. The van der Waals surface area contributed by atoms with Gasteiger partial charge in [0.1, 0.15) is 19.3 Å². The molecule has 17 nitrogen and oxygen atoms in total. The molecule has 0 radical (unpaired) electrons. The van der Waals surface area contributed by atoms with Gasteiger partial charge in [0.25, 0.3) is 0 Å². The molecule has 0 aliphatic heterocycles. The van der Waals surface area contributed by atoms with E-state index in [-0.39, 0.29) is 25.7 Å². The lowest BCUT2D eigenvalue weighted by atomic mass is 9.99. The minimum Gasteiger partial charge on any atom is -0.462 e. The summed E-state index contributed by atoms with van der Waals surface area (Å²) >= 11 is 0. The van der Waals surface area contributed by atoms with Crippen LogP contribution in [0.5, 0.6) is 0 Å². The Morgan fingerprint density at radius 2 is 0.545 bits per heavy atom. The second-order valence-electron chi connectivity index (χ2n) is 26.6. The van der Waals surface area contributed by atoms with Crippen molar-refractivity contribution in [2.45, 2.75) is 356 Å². The van der Waals surface area contributed by atoms with Crippen LogP contribution in [0.25, 0.3) is 0 Å².